The molecule has 3 aromatic carbocycles. The van der Waals surface area contributed by atoms with Gasteiger partial charge in [-0.1, -0.05) is 48.0 Å². The highest BCUT2D eigenvalue weighted by molar-refractivity contribution is 6.31. The van der Waals surface area contributed by atoms with Crippen LogP contribution in [0.5, 0.6) is 0 Å². The number of nitrogens with zero attached hydrogens (tertiary/aromatic N) is 2. The van der Waals surface area contributed by atoms with Crippen LogP contribution in [0.15, 0.2) is 72.3 Å². The Morgan fingerprint density at radius 2 is 1.85 bits per heavy atom. The highest BCUT2D eigenvalue weighted by Crippen LogP contribution is 2.29. The first-order valence-electron chi connectivity index (χ1n) is 10.4. The maximum atomic E-state index is 13.3. The van der Waals surface area contributed by atoms with E-state index in [1.165, 1.54) is 12.1 Å². The van der Waals surface area contributed by atoms with E-state index in [4.69, 9.17) is 11.6 Å². The van der Waals surface area contributed by atoms with Crippen LogP contribution in [0.25, 0.3) is 17.0 Å². The Morgan fingerprint density at radius 1 is 1.12 bits per heavy atom. The number of amides is 1. The number of halogens is 2. The SMILES string of the molecule is Cc1ccc(Cl)cc1NC(=O)/C(C#N)=C/c1c(C)n(Cc2ccc(F)cc2)c2ccccc12. The fourth-order valence-electron chi connectivity index (χ4n) is 3.83. The zero-order chi connectivity index (χ0) is 23.5. The lowest BCUT2D eigenvalue weighted by Gasteiger charge is -2.09. The molecule has 164 valence electrons. The molecule has 4 aromatic rings. The van der Waals surface area contributed by atoms with Crippen LogP contribution in [0.2, 0.25) is 5.02 Å². The molecule has 0 unspecified atom stereocenters. The van der Waals surface area contributed by atoms with Gasteiger partial charge in [0.05, 0.1) is 0 Å². The summed E-state index contributed by atoms with van der Waals surface area (Å²) in [6.45, 7) is 4.34. The van der Waals surface area contributed by atoms with Crippen LogP contribution in [-0.2, 0) is 11.3 Å². The van der Waals surface area contributed by atoms with Crippen molar-refractivity contribution in [2.24, 2.45) is 0 Å². The molecule has 1 amide bonds. The monoisotopic (exact) mass is 457 g/mol. The van der Waals surface area contributed by atoms with Gasteiger partial charge in [0.1, 0.15) is 17.5 Å². The van der Waals surface area contributed by atoms with Crippen molar-refractivity contribution >= 4 is 40.2 Å². The predicted octanol–water partition coefficient (Wildman–Crippen LogP) is 6.64. The molecule has 0 fully saturated rings. The third-order valence-corrected chi connectivity index (χ3v) is 5.87. The molecule has 0 aliphatic heterocycles. The maximum Gasteiger partial charge on any atom is 0.266 e. The first-order chi connectivity index (χ1) is 15.9. The molecule has 6 heteroatoms. The molecule has 4 rings (SSSR count). The smallest absolute Gasteiger partial charge is 0.266 e. The number of fused-ring (bicyclic) bond motifs is 1. The number of carbonyl (C=O) groups is 1. The van der Waals surface area contributed by atoms with E-state index in [0.717, 1.165) is 33.3 Å². The average Bonchev–Trinajstić information content (AvgIpc) is 3.06. The number of para-hydroxylation sites is 1. The number of benzene rings is 3. The van der Waals surface area contributed by atoms with Gasteiger partial charge in [0.25, 0.3) is 5.91 Å². The number of hydrogen-bond acceptors (Lipinski definition) is 2. The van der Waals surface area contributed by atoms with Gasteiger partial charge >= 0.3 is 0 Å². The van der Waals surface area contributed by atoms with Crippen molar-refractivity contribution < 1.29 is 9.18 Å². The summed E-state index contributed by atoms with van der Waals surface area (Å²) in [5.74, 6) is -0.784. The third kappa shape index (κ3) is 4.67. The fraction of sp³-hybridized carbons (Fsp3) is 0.111. The number of aryl methyl sites for hydroxylation is 1. The molecule has 0 radical (unpaired) electrons. The van der Waals surface area contributed by atoms with E-state index in [2.05, 4.69) is 9.88 Å². The Labute approximate surface area is 196 Å². The standard InChI is InChI=1S/C27H21ClFN3O/c1-17-7-10-21(28)14-25(17)31-27(33)20(15-30)13-24-18(2)32(26-6-4-3-5-23(24)26)16-19-8-11-22(29)12-9-19/h3-14H,16H2,1-2H3,(H,31,33)/b20-13+. The van der Waals surface area contributed by atoms with E-state index in [0.29, 0.717) is 17.3 Å². The Kier molecular flexibility index (Phi) is 6.30. The van der Waals surface area contributed by atoms with Gasteiger partial charge in [0, 0.05) is 39.4 Å². The molecule has 1 heterocycles. The van der Waals surface area contributed by atoms with E-state index in [9.17, 15) is 14.4 Å². The van der Waals surface area contributed by atoms with Gasteiger partial charge in [0.2, 0.25) is 0 Å². The maximum absolute atomic E-state index is 13.3. The van der Waals surface area contributed by atoms with Crippen molar-refractivity contribution in [1.82, 2.24) is 4.57 Å². The Morgan fingerprint density at radius 3 is 2.58 bits per heavy atom. The van der Waals surface area contributed by atoms with Crippen LogP contribution in [0, 0.1) is 31.0 Å². The predicted molar refractivity (Wildman–Crippen MR) is 131 cm³/mol. The summed E-state index contributed by atoms with van der Waals surface area (Å²) in [7, 11) is 0. The van der Waals surface area contributed by atoms with Crippen LogP contribution in [-0.4, -0.2) is 10.5 Å². The molecule has 0 saturated heterocycles. The third-order valence-electron chi connectivity index (χ3n) is 5.64. The van der Waals surface area contributed by atoms with Gasteiger partial charge in [-0.15, -0.1) is 0 Å². The first-order valence-corrected chi connectivity index (χ1v) is 10.8. The van der Waals surface area contributed by atoms with E-state index in [-0.39, 0.29) is 11.4 Å². The Bertz CT molecular complexity index is 1430. The van der Waals surface area contributed by atoms with Gasteiger partial charge < -0.3 is 9.88 Å². The summed E-state index contributed by atoms with van der Waals surface area (Å²) in [5.41, 5.74) is 5.00. The molecule has 0 saturated carbocycles. The average molecular weight is 458 g/mol. The summed E-state index contributed by atoms with van der Waals surface area (Å²) in [4.78, 5) is 12.9. The van der Waals surface area contributed by atoms with E-state index >= 15 is 0 Å². The lowest BCUT2D eigenvalue weighted by molar-refractivity contribution is -0.112. The summed E-state index contributed by atoms with van der Waals surface area (Å²) >= 11 is 6.05. The minimum Gasteiger partial charge on any atom is -0.340 e. The van der Waals surface area contributed by atoms with Crippen molar-refractivity contribution in [3.63, 3.8) is 0 Å². The number of anilines is 1. The number of rotatable bonds is 5. The molecule has 0 aliphatic carbocycles. The Balaban J connectivity index is 1.74. The number of nitriles is 1. The summed E-state index contributed by atoms with van der Waals surface area (Å²) in [6, 6.07) is 21.4. The topological polar surface area (TPSA) is 57.8 Å². The number of nitrogens with one attached hydrogen (secondary N) is 1. The minimum absolute atomic E-state index is 0.0119. The number of aromatic nitrogens is 1. The molecule has 0 bridgehead atoms. The van der Waals surface area contributed by atoms with Gasteiger partial charge in [0.15, 0.2) is 0 Å². The van der Waals surface area contributed by atoms with Crippen LogP contribution >= 0.6 is 11.6 Å². The molecular weight excluding hydrogens is 437 g/mol. The second kappa shape index (κ2) is 9.32. The van der Waals surface area contributed by atoms with E-state index in [1.54, 1.807) is 36.4 Å². The molecule has 0 atom stereocenters. The highest BCUT2D eigenvalue weighted by atomic mass is 35.5. The van der Waals surface area contributed by atoms with E-state index in [1.807, 2.05) is 44.2 Å². The molecule has 33 heavy (non-hydrogen) atoms. The van der Waals surface area contributed by atoms with Gasteiger partial charge in [-0.3, -0.25) is 4.79 Å². The second-order valence-corrected chi connectivity index (χ2v) is 8.25. The largest absolute Gasteiger partial charge is 0.340 e. The quantitative estimate of drug-likeness (QED) is 0.269. The van der Waals surface area contributed by atoms with Gasteiger partial charge in [-0.05, 0) is 61.4 Å². The fourth-order valence-corrected chi connectivity index (χ4v) is 4.00. The van der Waals surface area contributed by atoms with Crippen LogP contribution in [0.3, 0.4) is 0 Å². The van der Waals surface area contributed by atoms with Crippen molar-refractivity contribution in [3.05, 3.63) is 106 Å². The molecule has 0 spiro atoms. The van der Waals surface area contributed by atoms with Crippen molar-refractivity contribution in [2.45, 2.75) is 20.4 Å². The number of hydrogen-bond donors (Lipinski definition) is 1. The van der Waals surface area contributed by atoms with Crippen LogP contribution in [0.4, 0.5) is 10.1 Å². The minimum atomic E-state index is -0.502. The van der Waals surface area contributed by atoms with Crippen molar-refractivity contribution in [3.8, 4) is 6.07 Å². The van der Waals surface area contributed by atoms with Gasteiger partial charge in [-0.25, -0.2) is 4.39 Å². The summed E-state index contributed by atoms with van der Waals surface area (Å²) in [5, 5.41) is 14.0. The molecular formula is C27H21ClFN3O. The summed E-state index contributed by atoms with van der Waals surface area (Å²) in [6.07, 6.45) is 1.62. The lowest BCUT2D eigenvalue weighted by atomic mass is 10.1. The summed E-state index contributed by atoms with van der Waals surface area (Å²) < 4.78 is 15.4. The molecule has 0 aliphatic rings. The first kappa shape index (κ1) is 22.3. The molecule has 4 nitrogen and oxygen atoms in total. The highest BCUT2D eigenvalue weighted by Gasteiger charge is 2.17. The van der Waals surface area contributed by atoms with Gasteiger partial charge in [-0.2, -0.15) is 5.26 Å². The number of carbonyl (C=O) groups excluding carboxylic acids is 1. The lowest BCUT2D eigenvalue weighted by Crippen LogP contribution is -2.14. The van der Waals surface area contributed by atoms with Crippen LogP contribution < -0.4 is 5.32 Å². The molecule has 1 N–H and O–H groups in total. The van der Waals surface area contributed by atoms with Crippen LogP contribution in [0.1, 0.15) is 22.4 Å². The zero-order valence-electron chi connectivity index (χ0n) is 18.2. The normalized spacial score (nSPS) is 11.4. The van der Waals surface area contributed by atoms with Crippen molar-refractivity contribution in [2.75, 3.05) is 5.32 Å². The zero-order valence-corrected chi connectivity index (χ0v) is 18.9. The Hall–Kier alpha value is -3.88. The van der Waals surface area contributed by atoms with Crippen molar-refractivity contribution in [1.29, 1.82) is 5.26 Å². The second-order valence-electron chi connectivity index (χ2n) is 7.81. The molecule has 1 aromatic heterocycles. The van der Waals surface area contributed by atoms with E-state index < -0.39 is 5.91 Å².